The van der Waals surface area contributed by atoms with E-state index in [1.54, 1.807) is 4.90 Å². The molecule has 0 saturated carbocycles. The summed E-state index contributed by atoms with van der Waals surface area (Å²) < 4.78 is 40.0. The predicted molar refractivity (Wildman–Crippen MR) is 75.8 cm³/mol. The Morgan fingerprint density at radius 3 is 2.59 bits per heavy atom. The summed E-state index contributed by atoms with van der Waals surface area (Å²) in [6.45, 7) is 1.27. The third-order valence-electron chi connectivity index (χ3n) is 3.46. The molecule has 5 nitrogen and oxygen atoms in total. The number of nitrogens with zero attached hydrogens (tertiary/aromatic N) is 1. The molecule has 22 heavy (non-hydrogen) atoms. The van der Waals surface area contributed by atoms with Gasteiger partial charge >= 0.3 is 12.4 Å². The summed E-state index contributed by atoms with van der Waals surface area (Å²) in [5, 5.41) is 5.81. The number of likely N-dealkylation sites (tertiary alicyclic amines) is 1. The van der Waals surface area contributed by atoms with E-state index in [-0.39, 0.29) is 17.8 Å². The Hall–Kier alpha value is -1.96. The summed E-state index contributed by atoms with van der Waals surface area (Å²) in [4.78, 5) is 13.8. The minimum absolute atomic E-state index is 0.260. The van der Waals surface area contributed by atoms with Crippen LogP contribution in [0.25, 0.3) is 0 Å². The van der Waals surface area contributed by atoms with Crippen molar-refractivity contribution in [3.63, 3.8) is 0 Å². The van der Waals surface area contributed by atoms with Gasteiger partial charge in [0.15, 0.2) is 0 Å². The Labute approximate surface area is 126 Å². The maximum absolute atomic E-state index is 12.1. The van der Waals surface area contributed by atoms with Gasteiger partial charge in [-0.15, -0.1) is 13.2 Å². The molecule has 1 unspecified atom stereocenters. The minimum Gasteiger partial charge on any atom is -0.406 e. The van der Waals surface area contributed by atoms with E-state index >= 15 is 0 Å². The van der Waals surface area contributed by atoms with E-state index in [4.69, 9.17) is 0 Å². The lowest BCUT2D eigenvalue weighted by atomic mass is 10.1. The Kier molecular flexibility index (Phi) is 5.12. The van der Waals surface area contributed by atoms with Gasteiger partial charge in [0.25, 0.3) is 0 Å². The average Bonchev–Trinajstić information content (AvgIpc) is 2.48. The molecule has 122 valence electrons. The molecule has 1 saturated heterocycles. The number of halogens is 3. The molecule has 2 N–H and O–H groups in total. The van der Waals surface area contributed by atoms with Crippen molar-refractivity contribution in [3.05, 3.63) is 24.3 Å². The number of carbonyl (C=O) groups is 1. The average molecular weight is 317 g/mol. The van der Waals surface area contributed by atoms with Crippen molar-refractivity contribution in [1.82, 2.24) is 10.2 Å². The Balaban J connectivity index is 1.91. The van der Waals surface area contributed by atoms with Gasteiger partial charge in [-0.1, -0.05) is 0 Å². The number of piperidine rings is 1. The third-order valence-corrected chi connectivity index (χ3v) is 3.46. The quantitative estimate of drug-likeness (QED) is 0.901. The number of amides is 2. The largest absolute Gasteiger partial charge is 0.573 e. The van der Waals surface area contributed by atoms with Crippen molar-refractivity contribution >= 4 is 11.7 Å². The van der Waals surface area contributed by atoms with Crippen LogP contribution in [0.3, 0.4) is 0 Å². The van der Waals surface area contributed by atoms with Crippen molar-refractivity contribution in [2.24, 2.45) is 0 Å². The fraction of sp³-hybridized carbons (Fsp3) is 0.500. The van der Waals surface area contributed by atoms with Crippen molar-refractivity contribution in [1.29, 1.82) is 0 Å². The van der Waals surface area contributed by atoms with Gasteiger partial charge in [-0.25, -0.2) is 4.79 Å². The van der Waals surface area contributed by atoms with Crippen molar-refractivity contribution in [2.75, 3.05) is 25.5 Å². The van der Waals surface area contributed by atoms with Crippen molar-refractivity contribution in [3.8, 4) is 5.75 Å². The molecule has 1 fully saturated rings. The van der Waals surface area contributed by atoms with Gasteiger partial charge < -0.3 is 20.3 Å². The summed E-state index contributed by atoms with van der Waals surface area (Å²) >= 11 is 0. The van der Waals surface area contributed by atoms with Gasteiger partial charge in [0.05, 0.1) is 0 Å². The Bertz CT molecular complexity index is 505. The summed E-state index contributed by atoms with van der Waals surface area (Å²) in [5.41, 5.74) is 0.422. The molecular formula is C14H18F3N3O2. The zero-order valence-corrected chi connectivity index (χ0v) is 12.1. The lowest BCUT2D eigenvalue weighted by Crippen LogP contribution is -2.48. The smallest absolute Gasteiger partial charge is 0.406 e. The minimum atomic E-state index is -4.72. The summed E-state index contributed by atoms with van der Waals surface area (Å²) in [6, 6.07) is 5.08. The second kappa shape index (κ2) is 6.87. The topological polar surface area (TPSA) is 53.6 Å². The van der Waals surface area contributed by atoms with Gasteiger partial charge in [0.1, 0.15) is 5.75 Å². The van der Waals surface area contributed by atoms with Crippen LogP contribution in [-0.2, 0) is 0 Å². The molecule has 2 rings (SSSR count). The maximum atomic E-state index is 12.1. The van der Waals surface area contributed by atoms with E-state index in [0.717, 1.165) is 25.0 Å². The molecule has 2 amide bonds. The molecule has 1 aliphatic heterocycles. The van der Waals surface area contributed by atoms with Crippen LogP contribution in [0, 0.1) is 0 Å². The highest BCUT2D eigenvalue weighted by Gasteiger charge is 2.31. The van der Waals surface area contributed by atoms with E-state index < -0.39 is 6.36 Å². The molecule has 1 atom stereocenters. The number of likely N-dealkylation sites (N-methyl/N-ethyl adjacent to an activating group) is 1. The highest BCUT2D eigenvalue weighted by Crippen LogP contribution is 2.24. The molecule has 0 bridgehead atoms. The van der Waals surface area contributed by atoms with Crippen LogP contribution < -0.4 is 15.4 Å². The molecule has 8 heteroatoms. The van der Waals surface area contributed by atoms with E-state index in [1.165, 1.54) is 12.1 Å². The zero-order valence-electron chi connectivity index (χ0n) is 12.1. The molecule has 1 aliphatic rings. The van der Waals surface area contributed by atoms with Crippen LogP contribution in [-0.4, -0.2) is 43.5 Å². The number of rotatable bonds is 3. The Morgan fingerprint density at radius 2 is 2.00 bits per heavy atom. The maximum Gasteiger partial charge on any atom is 0.573 e. The first-order valence-corrected chi connectivity index (χ1v) is 6.96. The predicted octanol–water partition coefficient (Wildman–Crippen LogP) is 2.80. The van der Waals surface area contributed by atoms with Crippen LogP contribution in [0.15, 0.2) is 24.3 Å². The van der Waals surface area contributed by atoms with Gasteiger partial charge in [0.2, 0.25) is 0 Å². The van der Waals surface area contributed by atoms with Crippen LogP contribution in [0.2, 0.25) is 0 Å². The van der Waals surface area contributed by atoms with Gasteiger partial charge in [-0.05, 0) is 44.2 Å². The SMILES string of the molecule is CNC1CCCN(C(=O)Nc2ccc(OC(F)(F)F)cc2)C1. The number of benzene rings is 1. The highest BCUT2D eigenvalue weighted by atomic mass is 19.4. The molecule has 1 heterocycles. The van der Waals surface area contributed by atoms with Crippen LogP contribution in [0.5, 0.6) is 5.75 Å². The molecular weight excluding hydrogens is 299 g/mol. The number of carbonyl (C=O) groups excluding carboxylic acids is 1. The lowest BCUT2D eigenvalue weighted by molar-refractivity contribution is -0.274. The number of hydrogen-bond donors (Lipinski definition) is 2. The van der Waals surface area contributed by atoms with Gasteiger partial charge in [-0.3, -0.25) is 0 Å². The molecule has 1 aromatic rings. The van der Waals surface area contributed by atoms with Crippen LogP contribution in [0.4, 0.5) is 23.7 Å². The normalized spacial score (nSPS) is 18.9. The zero-order chi connectivity index (χ0) is 16.2. The fourth-order valence-corrected chi connectivity index (χ4v) is 2.34. The highest BCUT2D eigenvalue weighted by molar-refractivity contribution is 5.89. The van der Waals surface area contributed by atoms with Crippen LogP contribution >= 0.6 is 0 Å². The monoisotopic (exact) mass is 317 g/mol. The van der Waals surface area contributed by atoms with Gasteiger partial charge in [0, 0.05) is 24.8 Å². The lowest BCUT2D eigenvalue weighted by Gasteiger charge is -2.32. The summed E-state index contributed by atoms with van der Waals surface area (Å²) in [7, 11) is 1.85. The second-order valence-electron chi connectivity index (χ2n) is 5.08. The van der Waals surface area contributed by atoms with E-state index in [9.17, 15) is 18.0 Å². The van der Waals surface area contributed by atoms with Gasteiger partial charge in [-0.2, -0.15) is 0 Å². The second-order valence-corrected chi connectivity index (χ2v) is 5.08. The van der Waals surface area contributed by atoms with E-state index in [2.05, 4.69) is 15.4 Å². The molecule has 1 aromatic carbocycles. The number of alkyl halides is 3. The first-order chi connectivity index (χ1) is 10.4. The van der Waals surface area contributed by atoms with E-state index in [1.807, 2.05) is 7.05 Å². The molecule has 0 aromatic heterocycles. The fourth-order valence-electron chi connectivity index (χ4n) is 2.34. The molecule has 0 spiro atoms. The third kappa shape index (κ3) is 4.80. The van der Waals surface area contributed by atoms with Crippen molar-refractivity contribution in [2.45, 2.75) is 25.2 Å². The summed E-state index contributed by atoms with van der Waals surface area (Å²) in [5.74, 6) is -0.321. The number of urea groups is 1. The molecule has 0 radical (unpaired) electrons. The first-order valence-electron chi connectivity index (χ1n) is 6.96. The first kappa shape index (κ1) is 16.4. The van der Waals surface area contributed by atoms with Crippen molar-refractivity contribution < 1.29 is 22.7 Å². The number of nitrogens with one attached hydrogen (secondary N) is 2. The van der Waals surface area contributed by atoms with Crippen LogP contribution in [0.1, 0.15) is 12.8 Å². The Morgan fingerprint density at radius 1 is 1.32 bits per heavy atom. The standard InChI is InChI=1S/C14H18F3N3O2/c1-18-11-3-2-8-20(9-11)13(21)19-10-4-6-12(7-5-10)22-14(15,16)17/h4-7,11,18H,2-3,8-9H2,1H3,(H,19,21). The number of hydrogen-bond acceptors (Lipinski definition) is 3. The van der Waals surface area contributed by atoms with E-state index in [0.29, 0.717) is 18.8 Å². The number of ether oxygens (including phenoxy) is 1. The number of anilines is 1. The summed E-state index contributed by atoms with van der Waals surface area (Å²) in [6.07, 6.45) is -2.79. The molecule has 0 aliphatic carbocycles.